The van der Waals surface area contributed by atoms with Crippen LogP contribution in [0.3, 0.4) is 0 Å². The lowest BCUT2D eigenvalue weighted by Crippen LogP contribution is -2.35. The Morgan fingerprint density at radius 3 is 2.65 bits per heavy atom. The zero-order valence-electron chi connectivity index (χ0n) is 14.5. The third-order valence-electron chi connectivity index (χ3n) is 4.02. The van der Waals surface area contributed by atoms with Gasteiger partial charge in [0.2, 0.25) is 0 Å². The van der Waals surface area contributed by atoms with E-state index in [0.29, 0.717) is 18.8 Å². The molecule has 1 atom stereocenters. The van der Waals surface area contributed by atoms with Gasteiger partial charge in [0.25, 0.3) is 5.56 Å². The number of carbonyl (C=O) groups excluding carboxylic acids is 1. The molecule has 26 heavy (non-hydrogen) atoms. The van der Waals surface area contributed by atoms with Gasteiger partial charge in [-0.1, -0.05) is 30.3 Å². The number of pyridine rings is 1. The van der Waals surface area contributed by atoms with Crippen molar-refractivity contribution in [2.45, 2.75) is 26.1 Å². The summed E-state index contributed by atoms with van der Waals surface area (Å²) in [5.41, 5.74) is 1.45. The van der Waals surface area contributed by atoms with Gasteiger partial charge in [0.1, 0.15) is 0 Å². The molecule has 2 aromatic heterocycles. The first kappa shape index (κ1) is 17.5. The number of anilines is 1. The van der Waals surface area contributed by atoms with E-state index < -0.39 is 0 Å². The minimum atomic E-state index is -0.340. The average Bonchev–Trinajstić information content (AvgIpc) is 3.16. The van der Waals surface area contributed by atoms with Crippen LogP contribution in [0.1, 0.15) is 18.5 Å². The summed E-state index contributed by atoms with van der Waals surface area (Å²) in [7, 11) is 0. The minimum Gasteiger partial charge on any atom is -0.329 e. The lowest BCUT2D eigenvalue weighted by Gasteiger charge is -2.20. The predicted molar refractivity (Wildman–Crippen MR) is 99.9 cm³/mol. The van der Waals surface area contributed by atoms with Gasteiger partial charge < -0.3 is 15.2 Å². The van der Waals surface area contributed by atoms with Crippen LogP contribution in [0, 0.1) is 0 Å². The molecule has 2 amide bonds. The van der Waals surface area contributed by atoms with Crippen molar-refractivity contribution < 1.29 is 4.79 Å². The number of hydrogen-bond acceptors (Lipinski definition) is 3. The fraction of sp³-hybridized carbons (Fsp3) is 0.211. The summed E-state index contributed by atoms with van der Waals surface area (Å²) in [5, 5.41) is 9.97. The van der Waals surface area contributed by atoms with Crippen LogP contribution in [-0.4, -0.2) is 20.4 Å². The Morgan fingerprint density at radius 2 is 1.96 bits per heavy atom. The lowest BCUT2D eigenvalue weighted by molar-refractivity contribution is 0.246. The molecule has 0 radical (unpaired) electrons. The average molecular weight is 351 g/mol. The monoisotopic (exact) mass is 351 g/mol. The third-order valence-corrected chi connectivity index (χ3v) is 4.02. The highest BCUT2D eigenvalue weighted by Crippen LogP contribution is 2.15. The zero-order valence-corrected chi connectivity index (χ0v) is 14.5. The Hall–Kier alpha value is -3.35. The maximum Gasteiger partial charge on any atom is 0.319 e. The van der Waals surface area contributed by atoms with Crippen LogP contribution < -0.4 is 16.2 Å². The Morgan fingerprint density at radius 1 is 1.15 bits per heavy atom. The molecule has 134 valence electrons. The summed E-state index contributed by atoms with van der Waals surface area (Å²) in [5.74, 6) is 0. The summed E-state index contributed by atoms with van der Waals surface area (Å²) in [6.07, 6.45) is 5.19. The zero-order chi connectivity index (χ0) is 18.4. The van der Waals surface area contributed by atoms with Crippen molar-refractivity contribution in [2.24, 2.45) is 0 Å². The maximum atomic E-state index is 12.5. The third kappa shape index (κ3) is 4.38. The summed E-state index contributed by atoms with van der Waals surface area (Å²) in [6, 6.07) is 14.0. The standard InChI is InChI=1S/C19H21N5O2/c1-2-23-13-16(9-10-18(23)25)21-19(26)22-17(14-24-12-6-11-20-24)15-7-4-3-5-8-15/h3-13,17H,2,14H2,1H3,(H2,21,22,26). The topological polar surface area (TPSA) is 81.0 Å². The molecule has 1 aromatic carbocycles. The number of benzene rings is 1. The molecule has 0 fully saturated rings. The van der Waals surface area contributed by atoms with E-state index in [4.69, 9.17) is 0 Å². The quantitative estimate of drug-likeness (QED) is 0.716. The molecule has 0 aliphatic heterocycles. The molecule has 0 saturated carbocycles. The van der Waals surface area contributed by atoms with Crippen molar-refractivity contribution in [2.75, 3.05) is 5.32 Å². The van der Waals surface area contributed by atoms with Gasteiger partial charge in [-0.3, -0.25) is 9.48 Å². The lowest BCUT2D eigenvalue weighted by atomic mass is 10.1. The second kappa shape index (κ2) is 8.15. The summed E-state index contributed by atoms with van der Waals surface area (Å²) >= 11 is 0. The van der Waals surface area contributed by atoms with Crippen LogP contribution in [0.4, 0.5) is 10.5 Å². The number of nitrogens with zero attached hydrogens (tertiary/aromatic N) is 3. The normalized spacial score (nSPS) is 11.7. The molecule has 0 bridgehead atoms. The predicted octanol–water partition coefficient (Wildman–Crippen LogP) is 2.63. The summed E-state index contributed by atoms with van der Waals surface area (Å²) in [6.45, 7) is 2.93. The second-order valence-corrected chi connectivity index (χ2v) is 5.83. The number of amides is 2. The number of urea groups is 1. The largest absolute Gasteiger partial charge is 0.329 e. The van der Waals surface area contributed by atoms with E-state index in [9.17, 15) is 9.59 Å². The smallest absolute Gasteiger partial charge is 0.319 e. The van der Waals surface area contributed by atoms with Crippen LogP contribution >= 0.6 is 0 Å². The van der Waals surface area contributed by atoms with E-state index >= 15 is 0 Å². The molecule has 0 aliphatic rings. The Labute approximate surface area is 151 Å². The highest BCUT2D eigenvalue weighted by Gasteiger charge is 2.15. The number of hydrogen-bond donors (Lipinski definition) is 2. The highest BCUT2D eigenvalue weighted by molar-refractivity contribution is 5.89. The molecule has 1 unspecified atom stereocenters. The van der Waals surface area contributed by atoms with Gasteiger partial charge in [0.05, 0.1) is 18.3 Å². The van der Waals surface area contributed by atoms with Gasteiger partial charge in [0, 0.05) is 31.2 Å². The molecule has 0 saturated heterocycles. The maximum absolute atomic E-state index is 12.5. The molecule has 0 aliphatic carbocycles. The first-order chi connectivity index (χ1) is 12.7. The SMILES string of the molecule is CCn1cc(NC(=O)NC(Cn2cccn2)c2ccccc2)ccc1=O. The van der Waals surface area contributed by atoms with Crippen LogP contribution in [0.5, 0.6) is 0 Å². The van der Waals surface area contributed by atoms with Crippen molar-refractivity contribution in [1.29, 1.82) is 0 Å². The number of aryl methyl sites for hydroxylation is 1. The van der Waals surface area contributed by atoms with E-state index in [-0.39, 0.29) is 17.6 Å². The molecule has 2 N–H and O–H groups in total. The molecule has 3 aromatic rings. The van der Waals surface area contributed by atoms with Gasteiger partial charge in [-0.25, -0.2) is 4.79 Å². The fourth-order valence-corrected chi connectivity index (χ4v) is 2.69. The minimum absolute atomic E-state index is 0.0979. The summed E-state index contributed by atoms with van der Waals surface area (Å²) in [4.78, 5) is 24.1. The van der Waals surface area contributed by atoms with E-state index in [1.54, 1.807) is 23.1 Å². The van der Waals surface area contributed by atoms with Gasteiger partial charge in [-0.2, -0.15) is 5.10 Å². The van der Waals surface area contributed by atoms with Crippen LogP contribution in [0.2, 0.25) is 0 Å². The van der Waals surface area contributed by atoms with Gasteiger partial charge >= 0.3 is 6.03 Å². The highest BCUT2D eigenvalue weighted by atomic mass is 16.2. The fourth-order valence-electron chi connectivity index (χ4n) is 2.69. The summed E-state index contributed by atoms with van der Waals surface area (Å²) < 4.78 is 3.31. The first-order valence-electron chi connectivity index (χ1n) is 8.46. The molecular formula is C19H21N5O2. The van der Waals surface area contributed by atoms with Crippen molar-refractivity contribution in [3.8, 4) is 0 Å². The van der Waals surface area contributed by atoms with Crippen LogP contribution in [0.15, 0.2) is 71.9 Å². The Kier molecular flexibility index (Phi) is 5.48. The van der Waals surface area contributed by atoms with E-state index in [0.717, 1.165) is 5.56 Å². The van der Waals surface area contributed by atoms with E-state index in [2.05, 4.69) is 15.7 Å². The van der Waals surface area contributed by atoms with Crippen molar-refractivity contribution in [3.63, 3.8) is 0 Å². The molecule has 3 rings (SSSR count). The van der Waals surface area contributed by atoms with Crippen molar-refractivity contribution in [3.05, 3.63) is 83.0 Å². The molecule has 7 nitrogen and oxygen atoms in total. The molecule has 0 spiro atoms. The van der Waals surface area contributed by atoms with Crippen molar-refractivity contribution >= 4 is 11.7 Å². The Balaban J connectivity index is 1.73. The van der Waals surface area contributed by atoms with Gasteiger partial charge in [-0.15, -0.1) is 0 Å². The van der Waals surface area contributed by atoms with E-state index in [1.165, 1.54) is 10.6 Å². The van der Waals surface area contributed by atoms with Gasteiger partial charge in [-0.05, 0) is 24.6 Å². The van der Waals surface area contributed by atoms with E-state index in [1.807, 2.05) is 49.5 Å². The first-order valence-corrected chi connectivity index (χ1v) is 8.46. The number of aromatic nitrogens is 3. The second-order valence-electron chi connectivity index (χ2n) is 5.83. The number of nitrogens with one attached hydrogen (secondary N) is 2. The molecule has 7 heteroatoms. The molecule has 2 heterocycles. The molecular weight excluding hydrogens is 330 g/mol. The van der Waals surface area contributed by atoms with Crippen molar-refractivity contribution in [1.82, 2.24) is 19.7 Å². The Bertz CT molecular complexity index is 903. The van der Waals surface area contributed by atoms with Crippen LogP contribution in [0.25, 0.3) is 0 Å². The number of rotatable bonds is 6. The van der Waals surface area contributed by atoms with Gasteiger partial charge in [0.15, 0.2) is 0 Å². The van der Waals surface area contributed by atoms with Crippen LogP contribution in [-0.2, 0) is 13.1 Å². The number of carbonyl (C=O) groups is 1.